The Bertz CT molecular complexity index is 1240. The number of carbonyl (C=O) groups excluding carboxylic acids is 1. The first kappa shape index (κ1) is 21.5. The Morgan fingerprint density at radius 2 is 1.82 bits per heavy atom. The van der Waals surface area contributed by atoms with Crippen molar-refractivity contribution in [2.24, 2.45) is 0 Å². The summed E-state index contributed by atoms with van der Waals surface area (Å²) in [4.78, 5) is 22.6. The number of rotatable bonds is 5. The lowest BCUT2D eigenvalue weighted by Gasteiger charge is -2.37. The summed E-state index contributed by atoms with van der Waals surface area (Å²) in [6.45, 7) is 7.10. The number of nitrogens with one attached hydrogen (secondary N) is 1. The van der Waals surface area contributed by atoms with Gasteiger partial charge in [0.15, 0.2) is 0 Å². The van der Waals surface area contributed by atoms with E-state index in [1.54, 1.807) is 16.6 Å². The molecule has 0 bridgehead atoms. The van der Waals surface area contributed by atoms with Gasteiger partial charge in [-0.2, -0.15) is 0 Å². The summed E-state index contributed by atoms with van der Waals surface area (Å²) in [7, 11) is 0. The highest BCUT2D eigenvalue weighted by Gasteiger charge is 2.27. The zero-order chi connectivity index (χ0) is 22.9. The summed E-state index contributed by atoms with van der Waals surface area (Å²) < 4.78 is 15.0. The summed E-state index contributed by atoms with van der Waals surface area (Å²) in [5.41, 5.74) is 3.55. The minimum Gasteiger partial charge on any atom is -0.344 e. The van der Waals surface area contributed by atoms with Crippen molar-refractivity contribution in [1.29, 1.82) is 0 Å². The smallest absolute Gasteiger partial charge is 0.241 e. The number of halogens is 1. The highest BCUT2D eigenvalue weighted by molar-refractivity contribution is 7.20. The lowest BCUT2D eigenvalue weighted by Crippen LogP contribution is -2.52. The van der Waals surface area contributed by atoms with Crippen LogP contribution in [-0.2, 0) is 4.79 Å². The average molecular weight is 465 g/mol. The Kier molecular flexibility index (Phi) is 5.82. The lowest BCUT2D eigenvalue weighted by molar-refractivity contribution is -0.120. The molecule has 5 rings (SSSR count). The molecule has 1 unspecified atom stereocenters. The molecule has 0 radical (unpaired) electrons. The summed E-state index contributed by atoms with van der Waals surface area (Å²) in [5, 5.41) is 8.66. The molecule has 1 aliphatic heterocycles. The van der Waals surface area contributed by atoms with E-state index in [9.17, 15) is 9.18 Å². The standard InChI is InChI=1S/C24H25FN6OS/c1-16-5-3-4-6-20(16)26-22(32)17(2)29-11-13-30(14-12-29)24-28-31-15-21(27-23(31)33-24)18-7-9-19(25)10-8-18/h3-10,15,17H,11-14H2,1-2H3,(H,26,32). The van der Waals surface area contributed by atoms with Crippen LogP contribution in [0.2, 0.25) is 0 Å². The number of aromatic nitrogens is 3. The van der Waals surface area contributed by atoms with E-state index in [-0.39, 0.29) is 17.8 Å². The Hall–Kier alpha value is -3.30. The summed E-state index contributed by atoms with van der Waals surface area (Å²) in [5.74, 6) is -0.250. The number of aryl methyl sites for hydroxylation is 1. The van der Waals surface area contributed by atoms with Gasteiger partial charge in [-0.05, 0) is 49.7 Å². The van der Waals surface area contributed by atoms with Crippen LogP contribution in [0.3, 0.4) is 0 Å². The van der Waals surface area contributed by atoms with Crippen LogP contribution in [0, 0.1) is 12.7 Å². The van der Waals surface area contributed by atoms with Crippen molar-refractivity contribution in [1.82, 2.24) is 19.5 Å². The molecule has 1 N–H and O–H groups in total. The fourth-order valence-electron chi connectivity index (χ4n) is 3.99. The second-order valence-corrected chi connectivity index (χ2v) is 9.18. The topological polar surface area (TPSA) is 65.8 Å². The van der Waals surface area contributed by atoms with Crippen molar-refractivity contribution in [3.8, 4) is 11.3 Å². The molecule has 3 heterocycles. The third-order valence-electron chi connectivity index (χ3n) is 6.09. The molecule has 1 atom stereocenters. The molecule has 1 amide bonds. The molecule has 1 saturated heterocycles. The number of nitrogens with zero attached hydrogens (tertiary/aromatic N) is 5. The van der Waals surface area contributed by atoms with Crippen LogP contribution in [0.1, 0.15) is 12.5 Å². The van der Waals surface area contributed by atoms with Gasteiger partial charge in [0.2, 0.25) is 16.0 Å². The second kappa shape index (κ2) is 8.92. The third-order valence-corrected chi connectivity index (χ3v) is 7.07. The van der Waals surface area contributed by atoms with Gasteiger partial charge in [-0.1, -0.05) is 29.5 Å². The van der Waals surface area contributed by atoms with Crippen LogP contribution >= 0.6 is 11.3 Å². The number of imidazole rings is 1. The van der Waals surface area contributed by atoms with Crippen molar-refractivity contribution in [2.75, 3.05) is 36.4 Å². The van der Waals surface area contributed by atoms with E-state index >= 15 is 0 Å². The largest absolute Gasteiger partial charge is 0.344 e. The molecule has 7 nitrogen and oxygen atoms in total. The first-order chi connectivity index (χ1) is 16.0. The Labute approximate surface area is 195 Å². The number of anilines is 2. The van der Waals surface area contributed by atoms with Gasteiger partial charge in [0.25, 0.3) is 0 Å². The summed E-state index contributed by atoms with van der Waals surface area (Å²) >= 11 is 1.54. The number of piperazine rings is 1. The zero-order valence-corrected chi connectivity index (χ0v) is 19.3. The van der Waals surface area contributed by atoms with E-state index in [2.05, 4.69) is 20.1 Å². The minimum atomic E-state index is -0.263. The van der Waals surface area contributed by atoms with E-state index in [4.69, 9.17) is 5.10 Å². The Morgan fingerprint density at radius 1 is 1.09 bits per heavy atom. The van der Waals surface area contributed by atoms with E-state index in [1.165, 1.54) is 23.5 Å². The van der Waals surface area contributed by atoms with Crippen LogP contribution < -0.4 is 10.2 Å². The summed E-state index contributed by atoms with van der Waals surface area (Å²) in [6, 6.07) is 13.9. The molecule has 1 aliphatic rings. The van der Waals surface area contributed by atoms with Gasteiger partial charge in [0, 0.05) is 37.4 Å². The molecule has 2 aromatic carbocycles. The molecular formula is C24H25FN6OS. The molecule has 2 aromatic heterocycles. The second-order valence-electron chi connectivity index (χ2n) is 8.25. The van der Waals surface area contributed by atoms with E-state index in [1.807, 2.05) is 44.3 Å². The molecule has 0 aliphatic carbocycles. The van der Waals surface area contributed by atoms with Crippen LogP contribution in [0.25, 0.3) is 16.2 Å². The number of hydrogen-bond donors (Lipinski definition) is 1. The average Bonchev–Trinajstić information content (AvgIpc) is 3.40. The maximum absolute atomic E-state index is 13.2. The van der Waals surface area contributed by atoms with Gasteiger partial charge >= 0.3 is 0 Å². The number of hydrogen-bond acceptors (Lipinski definition) is 6. The number of carbonyl (C=O) groups is 1. The first-order valence-electron chi connectivity index (χ1n) is 11.0. The highest BCUT2D eigenvalue weighted by atomic mass is 32.1. The maximum Gasteiger partial charge on any atom is 0.241 e. The number of benzene rings is 2. The van der Waals surface area contributed by atoms with Crippen LogP contribution in [0.5, 0.6) is 0 Å². The SMILES string of the molecule is Cc1ccccc1NC(=O)C(C)N1CCN(c2nn3cc(-c4ccc(F)cc4)nc3s2)CC1. The van der Waals surface area contributed by atoms with Crippen molar-refractivity contribution in [3.05, 3.63) is 66.1 Å². The van der Waals surface area contributed by atoms with Crippen molar-refractivity contribution < 1.29 is 9.18 Å². The van der Waals surface area contributed by atoms with Gasteiger partial charge in [-0.15, -0.1) is 5.10 Å². The van der Waals surface area contributed by atoms with Crippen molar-refractivity contribution in [2.45, 2.75) is 19.9 Å². The fourth-order valence-corrected chi connectivity index (χ4v) is 4.93. The van der Waals surface area contributed by atoms with E-state index in [0.29, 0.717) is 0 Å². The van der Waals surface area contributed by atoms with Crippen LogP contribution in [0.4, 0.5) is 15.2 Å². The molecule has 9 heteroatoms. The minimum absolute atomic E-state index is 0.0128. The quantitative estimate of drug-likeness (QED) is 0.483. The molecule has 1 fully saturated rings. The normalized spacial score (nSPS) is 15.7. The number of fused-ring (bicyclic) bond motifs is 1. The fraction of sp³-hybridized carbons (Fsp3) is 0.292. The van der Waals surface area contributed by atoms with Crippen molar-refractivity contribution >= 4 is 33.0 Å². The summed E-state index contributed by atoms with van der Waals surface area (Å²) in [6.07, 6.45) is 1.87. The predicted octanol–water partition coefficient (Wildman–Crippen LogP) is 4.05. The monoisotopic (exact) mass is 464 g/mol. The molecule has 0 spiro atoms. The number of para-hydroxylation sites is 1. The molecule has 0 saturated carbocycles. The molecule has 170 valence electrons. The third kappa shape index (κ3) is 4.46. The lowest BCUT2D eigenvalue weighted by atomic mass is 10.1. The van der Waals surface area contributed by atoms with Crippen LogP contribution in [-0.4, -0.2) is 57.6 Å². The van der Waals surface area contributed by atoms with Gasteiger partial charge in [-0.3, -0.25) is 9.69 Å². The zero-order valence-electron chi connectivity index (χ0n) is 18.5. The van der Waals surface area contributed by atoms with Gasteiger partial charge in [-0.25, -0.2) is 13.9 Å². The van der Waals surface area contributed by atoms with Gasteiger partial charge in [0.1, 0.15) is 5.82 Å². The number of amides is 1. The Balaban J connectivity index is 1.20. The van der Waals surface area contributed by atoms with E-state index < -0.39 is 0 Å². The van der Waals surface area contributed by atoms with E-state index in [0.717, 1.165) is 58.8 Å². The first-order valence-corrected chi connectivity index (χ1v) is 11.8. The van der Waals surface area contributed by atoms with Crippen molar-refractivity contribution in [3.63, 3.8) is 0 Å². The molecule has 4 aromatic rings. The maximum atomic E-state index is 13.2. The predicted molar refractivity (Wildman–Crippen MR) is 129 cm³/mol. The molecular weight excluding hydrogens is 439 g/mol. The van der Waals surface area contributed by atoms with Crippen LogP contribution in [0.15, 0.2) is 54.7 Å². The van der Waals surface area contributed by atoms with Gasteiger partial charge < -0.3 is 10.2 Å². The molecule has 33 heavy (non-hydrogen) atoms. The Morgan fingerprint density at radius 3 is 2.52 bits per heavy atom. The van der Waals surface area contributed by atoms with Gasteiger partial charge in [0.05, 0.1) is 17.9 Å². The highest BCUT2D eigenvalue weighted by Crippen LogP contribution is 2.28.